The lowest BCUT2D eigenvalue weighted by molar-refractivity contribution is -0.184. The van der Waals surface area contributed by atoms with Crippen LogP contribution in [0.2, 0.25) is 0 Å². The maximum atomic E-state index is 14.1. The minimum Gasteiger partial charge on any atom is -0.507 e. The van der Waals surface area contributed by atoms with E-state index in [0.717, 1.165) is 22.3 Å². The Morgan fingerprint density at radius 1 is 1.02 bits per heavy atom. The topological polar surface area (TPSA) is 212 Å². The number of nitrogens with two attached hydrogens (primary N) is 1. The zero-order chi connectivity index (χ0) is 36.5. The van der Waals surface area contributed by atoms with E-state index in [2.05, 4.69) is 10.6 Å². The monoisotopic (exact) mass is 712 g/mol. The second-order valence-electron chi connectivity index (χ2n) is 13.7. The van der Waals surface area contributed by atoms with Crippen molar-refractivity contribution in [2.24, 2.45) is 23.5 Å². The molecule has 0 spiro atoms. The van der Waals surface area contributed by atoms with Crippen LogP contribution < -0.4 is 16.4 Å². The summed E-state index contributed by atoms with van der Waals surface area (Å²) in [4.78, 5) is 54.3. The molecule has 0 bridgehead atoms. The zero-order valence-electron chi connectivity index (χ0n) is 27.6. The van der Waals surface area contributed by atoms with E-state index in [1.54, 1.807) is 14.1 Å². The van der Waals surface area contributed by atoms with E-state index < -0.39 is 64.8 Å². The highest BCUT2D eigenvalue weighted by Crippen LogP contribution is 2.53. The first-order valence-electron chi connectivity index (χ1n) is 16.4. The number of phenols is 1. The number of Topliss-reactive ketones (excluding diaryl/α,β-unsaturated/α-hetero) is 2. The molecule has 4 aliphatic carbocycles. The Bertz CT molecular complexity index is 2020. The van der Waals surface area contributed by atoms with Gasteiger partial charge in [0.2, 0.25) is 11.7 Å². The number of aliphatic hydroxyl groups excluding tert-OH is 2. The number of carbonyl (C=O) groups excluding carboxylic acids is 4. The van der Waals surface area contributed by atoms with E-state index in [0.29, 0.717) is 11.3 Å². The number of nitrogens with one attached hydrogen (secondary N) is 2. The highest BCUT2D eigenvalue weighted by molar-refractivity contribution is 7.80. The molecule has 3 aromatic rings. The fourth-order valence-electron chi connectivity index (χ4n) is 8.60. The van der Waals surface area contributed by atoms with Crippen LogP contribution in [-0.4, -0.2) is 92.5 Å². The smallest absolute Gasteiger partial charge is 0.413 e. The molecule has 0 aliphatic heterocycles. The number of ether oxygens (including phenoxy) is 1. The highest BCUT2D eigenvalue weighted by atomic mass is 32.1. The molecule has 0 radical (unpaired) electrons. The number of aromatic hydroxyl groups is 1. The van der Waals surface area contributed by atoms with Crippen molar-refractivity contribution in [2.45, 2.75) is 36.5 Å². The number of anilines is 1. The van der Waals surface area contributed by atoms with Crippen molar-refractivity contribution in [2.75, 3.05) is 26.0 Å². The molecule has 13 nitrogen and oxygen atoms in total. The number of hydrogen-bond donors (Lipinski definition) is 7. The van der Waals surface area contributed by atoms with Crippen LogP contribution in [0.5, 0.6) is 5.75 Å². The number of carbonyl (C=O) groups is 4. The van der Waals surface area contributed by atoms with Gasteiger partial charge in [0.15, 0.2) is 16.5 Å². The van der Waals surface area contributed by atoms with Gasteiger partial charge in [0.25, 0.3) is 0 Å². The molecule has 7 rings (SSSR count). The second-order valence-corrected chi connectivity index (χ2v) is 14.1. The Balaban J connectivity index is 1.12. The van der Waals surface area contributed by atoms with Crippen molar-refractivity contribution in [3.63, 3.8) is 0 Å². The second kappa shape index (κ2) is 12.6. The van der Waals surface area contributed by atoms with Crippen LogP contribution in [0.3, 0.4) is 0 Å². The Labute approximate surface area is 297 Å². The summed E-state index contributed by atoms with van der Waals surface area (Å²) in [5, 5.41) is 50.5. The molecule has 6 unspecified atom stereocenters. The maximum Gasteiger partial charge on any atom is 0.413 e. The van der Waals surface area contributed by atoms with E-state index in [1.807, 2.05) is 48.5 Å². The summed E-state index contributed by atoms with van der Waals surface area (Å²) in [5.41, 5.74) is 7.21. The lowest BCUT2D eigenvalue weighted by atomic mass is 9.54. The molecule has 6 atom stereocenters. The molecule has 2 fully saturated rings. The zero-order valence-corrected chi connectivity index (χ0v) is 28.4. The number of aliphatic hydroxyl groups is 3. The van der Waals surface area contributed by atoms with Gasteiger partial charge in [-0.05, 0) is 85.0 Å². The highest BCUT2D eigenvalue weighted by Gasteiger charge is 2.67. The van der Waals surface area contributed by atoms with Gasteiger partial charge in [-0.2, -0.15) is 0 Å². The molecule has 0 saturated heterocycles. The lowest BCUT2D eigenvalue weighted by Gasteiger charge is -2.53. The minimum atomic E-state index is -2.76. The fourth-order valence-corrected chi connectivity index (χ4v) is 8.80. The molecular formula is C37H36N4O9S. The number of fused-ring (bicyclic) bond motifs is 6. The summed E-state index contributed by atoms with van der Waals surface area (Å²) in [6, 6.07) is 17.6. The number of alkyl carbamates (subject to hydrolysis) is 1. The molecule has 8 N–H and O–H groups in total. The van der Waals surface area contributed by atoms with Gasteiger partial charge in [0.1, 0.15) is 24.0 Å². The van der Waals surface area contributed by atoms with Gasteiger partial charge >= 0.3 is 6.09 Å². The number of likely N-dealkylation sites (N-methyl/N-ethyl adjacent to an activating group) is 1. The van der Waals surface area contributed by atoms with E-state index in [1.165, 1.54) is 17.0 Å². The third kappa shape index (κ3) is 5.28. The summed E-state index contributed by atoms with van der Waals surface area (Å²) in [6.45, 7) is 0.0626. The van der Waals surface area contributed by atoms with Gasteiger partial charge in [-0.15, -0.1) is 0 Å². The minimum absolute atomic E-state index is 0.0427. The first kappa shape index (κ1) is 34.3. The number of phenolic OH excluding ortho intramolecular Hbond substituents is 1. The molecule has 0 aromatic heterocycles. The summed E-state index contributed by atoms with van der Waals surface area (Å²) in [7, 11) is 3.16. The number of ketones is 2. The van der Waals surface area contributed by atoms with Crippen molar-refractivity contribution in [3.8, 4) is 16.9 Å². The molecular weight excluding hydrogens is 676 g/mol. The van der Waals surface area contributed by atoms with Gasteiger partial charge < -0.3 is 41.1 Å². The average Bonchev–Trinajstić information content (AvgIpc) is 3.40. The number of thiocarbonyl (C=S) groups is 1. The average molecular weight is 713 g/mol. The predicted octanol–water partition coefficient (Wildman–Crippen LogP) is 2.36. The summed E-state index contributed by atoms with van der Waals surface area (Å²) in [5.74, 6) is -8.52. The number of rotatable bonds is 5. The van der Waals surface area contributed by atoms with Crippen molar-refractivity contribution < 1.29 is 44.3 Å². The van der Waals surface area contributed by atoms with Gasteiger partial charge in [0, 0.05) is 29.1 Å². The third-order valence-electron chi connectivity index (χ3n) is 10.8. The van der Waals surface area contributed by atoms with Crippen molar-refractivity contribution in [1.82, 2.24) is 10.2 Å². The van der Waals surface area contributed by atoms with E-state index >= 15 is 0 Å². The molecule has 3 aromatic carbocycles. The fraction of sp³-hybridized carbons (Fsp3) is 0.324. The molecule has 51 heavy (non-hydrogen) atoms. The van der Waals surface area contributed by atoms with Crippen LogP contribution in [0.25, 0.3) is 16.9 Å². The maximum absolute atomic E-state index is 14.1. The lowest BCUT2D eigenvalue weighted by Crippen LogP contribution is -2.73. The first-order valence-corrected chi connectivity index (χ1v) is 16.8. The molecule has 2 saturated carbocycles. The van der Waals surface area contributed by atoms with E-state index in [9.17, 15) is 39.6 Å². The Morgan fingerprint density at radius 2 is 1.65 bits per heavy atom. The van der Waals surface area contributed by atoms with Crippen molar-refractivity contribution in [3.05, 3.63) is 88.5 Å². The van der Waals surface area contributed by atoms with Crippen molar-refractivity contribution in [1.29, 1.82) is 0 Å². The van der Waals surface area contributed by atoms with Gasteiger partial charge in [-0.1, -0.05) is 48.5 Å². The van der Waals surface area contributed by atoms with Gasteiger partial charge in [-0.25, -0.2) is 4.79 Å². The number of primary amides is 1. The van der Waals surface area contributed by atoms with Gasteiger partial charge in [-0.3, -0.25) is 19.7 Å². The van der Waals surface area contributed by atoms with Crippen molar-refractivity contribution >= 4 is 52.3 Å². The molecule has 0 heterocycles. The molecule has 2 amide bonds. The number of benzene rings is 3. The van der Waals surface area contributed by atoms with E-state index in [-0.39, 0.29) is 47.4 Å². The van der Waals surface area contributed by atoms with Crippen LogP contribution in [-0.2, 0) is 25.5 Å². The van der Waals surface area contributed by atoms with Crippen LogP contribution in [0, 0.1) is 17.8 Å². The van der Waals surface area contributed by atoms with Crippen LogP contribution in [0.4, 0.5) is 10.5 Å². The largest absolute Gasteiger partial charge is 0.507 e. The SMILES string of the molecule is CN(C)C1C(O)C(C(N)=O)C(=O)C2(O)C(=O)C3=C(O)c4c(O)ccc(NC(=S)NC(=O)OCC5c6ccccc6-c6ccccc65)c4CC3CC12. The number of hydrogen-bond acceptors (Lipinski definition) is 11. The summed E-state index contributed by atoms with van der Waals surface area (Å²) < 4.78 is 5.60. The number of amides is 2. The summed E-state index contributed by atoms with van der Waals surface area (Å²) >= 11 is 5.43. The Kier molecular flexibility index (Phi) is 8.45. The molecule has 4 aliphatic rings. The molecule has 264 valence electrons. The summed E-state index contributed by atoms with van der Waals surface area (Å²) in [6.07, 6.45) is -2.40. The van der Waals surface area contributed by atoms with Gasteiger partial charge in [0.05, 0.1) is 11.7 Å². The van der Waals surface area contributed by atoms with Crippen LogP contribution in [0.15, 0.2) is 66.2 Å². The number of nitrogens with zero attached hydrogens (tertiary/aromatic N) is 1. The quantitative estimate of drug-likeness (QED) is 0.116. The first-order chi connectivity index (χ1) is 24.2. The Morgan fingerprint density at radius 3 is 2.25 bits per heavy atom. The molecule has 14 heteroatoms. The normalized spacial score (nSPS) is 26.4. The third-order valence-corrected chi connectivity index (χ3v) is 11.0. The van der Waals surface area contributed by atoms with Crippen LogP contribution in [0.1, 0.15) is 34.6 Å². The standard InChI is InChI=1S/C37H36N4O9S/c1-41(2)29-23-14-16-13-21-24(11-12-25(42)27(21)30(43)26(16)32(45)37(23,49)33(46)28(31(29)44)34(38)47)39-35(51)40-36(48)50-15-22-19-9-5-3-7-17(19)18-8-4-6-10-20(18)22/h3-12,16,22-23,28-29,31,42-44,49H,13-15H2,1-2H3,(H2,38,47)(H2,39,40,48,51). The predicted molar refractivity (Wildman–Crippen MR) is 189 cm³/mol. The Hall–Kier alpha value is -5.15. The van der Waals surface area contributed by atoms with Crippen LogP contribution >= 0.6 is 12.2 Å². The van der Waals surface area contributed by atoms with E-state index in [4.69, 9.17) is 22.7 Å².